The van der Waals surface area contributed by atoms with E-state index in [0.717, 1.165) is 0 Å². The smallest absolute Gasteiger partial charge is 0.243 e. The summed E-state index contributed by atoms with van der Waals surface area (Å²) in [7, 11) is -3.52. The lowest BCUT2D eigenvalue weighted by atomic mass is 10.1. The van der Waals surface area contributed by atoms with E-state index in [2.05, 4.69) is 0 Å². The van der Waals surface area contributed by atoms with E-state index in [1.165, 1.54) is 10.4 Å². The first-order valence-electron chi connectivity index (χ1n) is 7.63. The van der Waals surface area contributed by atoms with Gasteiger partial charge in [0.15, 0.2) is 0 Å². The monoisotopic (exact) mass is 385 g/mol. The van der Waals surface area contributed by atoms with Crippen LogP contribution in [0.25, 0.3) is 0 Å². The number of hydrogen-bond donors (Lipinski definition) is 0. The topological polar surface area (TPSA) is 46.6 Å². The summed E-state index contributed by atoms with van der Waals surface area (Å²) >= 11 is 11.9. The Hall–Kier alpha value is -1.27. The minimum atomic E-state index is -3.52. The van der Waals surface area contributed by atoms with Crippen LogP contribution in [0.2, 0.25) is 10.0 Å². The van der Waals surface area contributed by atoms with Crippen LogP contribution in [-0.2, 0) is 10.0 Å². The van der Waals surface area contributed by atoms with Crippen LogP contribution in [0.1, 0.15) is 12.8 Å². The Morgan fingerprint density at radius 3 is 2.21 bits per heavy atom. The summed E-state index contributed by atoms with van der Waals surface area (Å²) < 4.78 is 32.7. The summed E-state index contributed by atoms with van der Waals surface area (Å²) in [6.07, 6.45) is 1.24. The van der Waals surface area contributed by atoms with Crippen molar-refractivity contribution in [1.29, 1.82) is 0 Å². The molecule has 0 bridgehead atoms. The molecule has 0 N–H and O–H groups in total. The molecule has 0 spiro atoms. The van der Waals surface area contributed by atoms with E-state index < -0.39 is 10.0 Å². The molecule has 128 valence electrons. The van der Waals surface area contributed by atoms with Crippen molar-refractivity contribution < 1.29 is 13.2 Å². The highest BCUT2D eigenvalue weighted by atomic mass is 35.5. The van der Waals surface area contributed by atoms with Gasteiger partial charge in [0.05, 0.1) is 4.90 Å². The zero-order valence-electron chi connectivity index (χ0n) is 12.9. The molecule has 2 aromatic rings. The molecule has 0 saturated carbocycles. The van der Waals surface area contributed by atoms with Crippen molar-refractivity contribution in [2.75, 3.05) is 13.1 Å². The minimum Gasteiger partial charge on any atom is -0.490 e. The molecule has 0 radical (unpaired) electrons. The number of nitrogens with zero attached hydrogens (tertiary/aromatic N) is 1. The van der Waals surface area contributed by atoms with Gasteiger partial charge in [-0.2, -0.15) is 4.31 Å². The summed E-state index contributed by atoms with van der Waals surface area (Å²) in [6, 6.07) is 13.6. The van der Waals surface area contributed by atoms with Crippen molar-refractivity contribution >= 4 is 33.2 Å². The van der Waals surface area contributed by atoms with Gasteiger partial charge in [0.1, 0.15) is 11.9 Å². The van der Waals surface area contributed by atoms with Gasteiger partial charge in [0, 0.05) is 23.1 Å². The standard InChI is InChI=1S/C17H17Cl2NO3S/c18-13-3-1-5-16(11-13)23-15-7-9-20(10-8-15)24(21,22)17-6-2-4-14(19)12-17/h1-6,11-12,15H,7-10H2. The third kappa shape index (κ3) is 4.03. The highest BCUT2D eigenvalue weighted by molar-refractivity contribution is 7.89. The molecule has 3 rings (SSSR count). The van der Waals surface area contributed by atoms with Crippen LogP contribution in [0.4, 0.5) is 0 Å². The lowest BCUT2D eigenvalue weighted by Crippen LogP contribution is -2.41. The summed E-state index contributed by atoms with van der Waals surface area (Å²) in [4.78, 5) is 0.226. The van der Waals surface area contributed by atoms with E-state index in [9.17, 15) is 8.42 Å². The molecule has 4 nitrogen and oxygen atoms in total. The number of benzene rings is 2. The van der Waals surface area contributed by atoms with Crippen LogP contribution in [-0.4, -0.2) is 31.9 Å². The fourth-order valence-corrected chi connectivity index (χ4v) is 4.65. The molecule has 1 aliphatic heterocycles. The maximum absolute atomic E-state index is 12.7. The number of halogens is 2. The van der Waals surface area contributed by atoms with E-state index in [1.54, 1.807) is 30.3 Å². The third-order valence-corrected chi connectivity index (χ3v) is 6.30. The van der Waals surface area contributed by atoms with Gasteiger partial charge in [-0.25, -0.2) is 8.42 Å². The second kappa shape index (κ2) is 7.31. The molecule has 0 aromatic heterocycles. The Labute approximate surface area is 152 Å². The van der Waals surface area contributed by atoms with E-state index >= 15 is 0 Å². The first kappa shape index (κ1) is 17.5. The highest BCUT2D eigenvalue weighted by Crippen LogP contribution is 2.26. The summed E-state index contributed by atoms with van der Waals surface area (Å²) in [5.74, 6) is 0.707. The molecule has 1 aliphatic rings. The van der Waals surface area contributed by atoms with Crippen molar-refractivity contribution in [3.05, 3.63) is 58.6 Å². The van der Waals surface area contributed by atoms with Gasteiger partial charge in [-0.05, 0) is 49.2 Å². The maximum atomic E-state index is 12.7. The Morgan fingerprint density at radius 1 is 0.958 bits per heavy atom. The fraction of sp³-hybridized carbons (Fsp3) is 0.294. The van der Waals surface area contributed by atoms with Gasteiger partial charge in [0.25, 0.3) is 0 Å². The lowest BCUT2D eigenvalue weighted by molar-refractivity contribution is 0.135. The molecule has 0 unspecified atom stereocenters. The number of piperidine rings is 1. The molecule has 1 fully saturated rings. The number of rotatable bonds is 4. The molecule has 2 aromatic carbocycles. The Bertz CT molecular complexity index is 818. The summed E-state index contributed by atoms with van der Waals surface area (Å²) in [5, 5.41) is 1.03. The molecule has 0 aliphatic carbocycles. The SMILES string of the molecule is O=S(=O)(c1cccc(Cl)c1)N1CCC(Oc2cccc(Cl)c2)CC1. The fourth-order valence-electron chi connectivity index (χ4n) is 2.70. The van der Waals surface area contributed by atoms with E-state index in [1.807, 2.05) is 12.1 Å². The molecular formula is C17H17Cl2NO3S. The average molecular weight is 386 g/mol. The summed E-state index contributed by atoms with van der Waals surface area (Å²) in [5.41, 5.74) is 0. The third-order valence-electron chi connectivity index (χ3n) is 3.93. The van der Waals surface area contributed by atoms with Gasteiger partial charge < -0.3 is 4.74 Å². The number of sulfonamides is 1. The second-order valence-electron chi connectivity index (χ2n) is 5.64. The molecule has 24 heavy (non-hydrogen) atoms. The van der Waals surface area contributed by atoms with Gasteiger partial charge in [-0.3, -0.25) is 0 Å². The Kier molecular flexibility index (Phi) is 5.35. The number of hydrogen-bond acceptors (Lipinski definition) is 3. The molecule has 0 atom stereocenters. The van der Waals surface area contributed by atoms with Crippen LogP contribution in [0.3, 0.4) is 0 Å². The summed E-state index contributed by atoms with van der Waals surface area (Å²) in [6.45, 7) is 0.833. The average Bonchev–Trinajstić information content (AvgIpc) is 2.55. The highest BCUT2D eigenvalue weighted by Gasteiger charge is 2.30. The first-order chi connectivity index (χ1) is 11.4. The first-order valence-corrected chi connectivity index (χ1v) is 9.83. The Morgan fingerprint density at radius 2 is 1.58 bits per heavy atom. The predicted molar refractivity (Wildman–Crippen MR) is 95.3 cm³/mol. The van der Waals surface area contributed by atoms with E-state index in [0.29, 0.717) is 41.7 Å². The lowest BCUT2D eigenvalue weighted by Gasteiger charge is -2.31. The van der Waals surface area contributed by atoms with Crippen molar-refractivity contribution in [2.24, 2.45) is 0 Å². The zero-order chi connectivity index (χ0) is 17.2. The van der Waals surface area contributed by atoms with Crippen molar-refractivity contribution in [3.63, 3.8) is 0 Å². The predicted octanol–water partition coefficient (Wildman–Crippen LogP) is 4.23. The van der Waals surface area contributed by atoms with Gasteiger partial charge in [0.2, 0.25) is 10.0 Å². The van der Waals surface area contributed by atoms with Gasteiger partial charge in [-0.15, -0.1) is 0 Å². The normalized spacial score (nSPS) is 16.9. The Balaban J connectivity index is 1.64. The van der Waals surface area contributed by atoms with Crippen molar-refractivity contribution in [2.45, 2.75) is 23.8 Å². The molecule has 0 amide bonds. The van der Waals surface area contributed by atoms with Crippen LogP contribution >= 0.6 is 23.2 Å². The van der Waals surface area contributed by atoms with Gasteiger partial charge in [-0.1, -0.05) is 35.3 Å². The minimum absolute atomic E-state index is 0.0192. The quantitative estimate of drug-likeness (QED) is 0.790. The molecule has 1 saturated heterocycles. The number of ether oxygens (including phenoxy) is 1. The van der Waals surface area contributed by atoms with Crippen LogP contribution in [0, 0.1) is 0 Å². The maximum Gasteiger partial charge on any atom is 0.243 e. The van der Waals surface area contributed by atoms with E-state index in [4.69, 9.17) is 27.9 Å². The van der Waals surface area contributed by atoms with Crippen molar-refractivity contribution in [1.82, 2.24) is 4.31 Å². The molecule has 7 heteroatoms. The zero-order valence-corrected chi connectivity index (χ0v) is 15.2. The molecule has 1 heterocycles. The molecular weight excluding hydrogens is 369 g/mol. The second-order valence-corrected chi connectivity index (χ2v) is 8.45. The largest absolute Gasteiger partial charge is 0.490 e. The van der Waals surface area contributed by atoms with Gasteiger partial charge >= 0.3 is 0 Å². The van der Waals surface area contributed by atoms with E-state index in [-0.39, 0.29) is 11.0 Å². The van der Waals surface area contributed by atoms with Crippen LogP contribution in [0.5, 0.6) is 5.75 Å². The van der Waals surface area contributed by atoms with Crippen molar-refractivity contribution in [3.8, 4) is 5.75 Å². The van der Waals surface area contributed by atoms with Crippen LogP contribution in [0.15, 0.2) is 53.4 Å². The van der Waals surface area contributed by atoms with Crippen LogP contribution < -0.4 is 4.74 Å².